The van der Waals surface area contributed by atoms with Gasteiger partial charge in [-0.1, -0.05) is 17.7 Å². The lowest BCUT2D eigenvalue weighted by molar-refractivity contribution is 0.102. The smallest absolute Gasteiger partial charge is 0.256 e. The third-order valence-electron chi connectivity index (χ3n) is 3.01. The Morgan fingerprint density at radius 3 is 2.64 bits per heavy atom. The van der Waals surface area contributed by atoms with Crippen LogP contribution in [0.3, 0.4) is 0 Å². The van der Waals surface area contributed by atoms with Crippen LogP contribution < -0.4 is 5.32 Å². The number of halogens is 2. The van der Waals surface area contributed by atoms with Gasteiger partial charge < -0.3 is 5.32 Å². The van der Waals surface area contributed by atoms with Crippen molar-refractivity contribution >= 4 is 23.3 Å². The van der Waals surface area contributed by atoms with Crippen LogP contribution in [0.15, 0.2) is 60.8 Å². The number of carbonyl (C=O) groups is 1. The normalized spacial score (nSPS) is 10.5. The second-order valence-electron chi connectivity index (χ2n) is 4.59. The Morgan fingerprint density at radius 1 is 1.14 bits per heavy atom. The molecule has 0 aliphatic rings. The molecule has 0 saturated heterocycles. The molecule has 3 rings (SSSR count). The number of hydrogen-bond donors (Lipinski definition) is 1. The Labute approximate surface area is 131 Å². The molecule has 110 valence electrons. The lowest BCUT2D eigenvalue weighted by Crippen LogP contribution is -2.12. The molecule has 2 aromatic carbocycles. The van der Waals surface area contributed by atoms with Gasteiger partial charge in [-0.05, 0) is 42.5 Å². The molecular weight excluding hydrogens is 305 g/mol. The monoisotopic (exact) mass is 315 g/mol. The zero-order chi connectivity index (χ0) is 15.5. The molecule has 0 aliphatic carbocycles. The van der Waals surface area contributed by atoms with Crippen molar-refractivity contribution in [1.82, 2.24) is 9.78 Å². The van der Waals surface area contributed by atoms with Gasteiger partial charge in [0.1, 0.15) is 5.82 Å². The number of hydrogen-bond acceptors (Lipinski definition) is 2. The molecule has 6 heteroatoms. The number of nitrogens with one attached hydrogen (secondary N) is 1. The summed E-state index contributed by atoms with van der Waals surface area (Å²) in [6.45, 7) is 0. The number of anilines is 1. The van der Waals surface area contributed by atoms with Crippen LogP contribution in [-0.4, -0.2) is 15.7 Å². The molecule has 0 bridgehead atoms. The van der Waals surface area contributed by atoms with E-state index in [0.29, 0.717) is 10.8 Å². The first kappa shape index (κ1) is 14.3. The van der Waals surface area contributed by atoms with Crippen molar-refractivity contribution in [2.24, 2.45) is 0 Å². The standard InChI is InChI=1S/C16H11ClFN3O/c17-12-4-6-14(7-5-12)21-9-8-15(20-21)19-16(22)11-2-1-3-13(18)10-11/h1-10H,(H,19,20,22). The molecule has 0 atom stereocenters. The Bertz CT molecular complexity index is 814. The van der Waals surface area contributed by atoms with Crippen molar-refractivity contribution in [2.75, 3.05) is 5.32 Å². The number of rotatable bonds is 3. The second-order valence-corrected chi connectivity index (χ2v) is 5.02. The van der Waals surface area contributed by atoms with Crippen LogP contribution in [0.1, 0.15) is 10.4 Å². The molecule has 0 saturated carbocycles. The topological polar surface area (TPSA) is 46.9 Å². The SMILES string of the molecule is O=C(Nc1ccn(-c2ccc(Cl)cc2)n1)c1cccc(F)c1. The molecule has 0 aliphatic heterocycles. The third-order valence-corrected chi connectivity index (χ3v) is 3.26. The highest BCUT2D eigenvalue weighted by Gasteiger charge is 2.09. The number of carbonyl (C=O) groups excluding carboxylic acids is 1. The van der Waals surface area contributed by atoms with Crippen LogP contribution in [0.25, 0.3) is 5.69 Å². The fraction of sp³-hybridized carbons (Fsp3) is 0. The first-order valence-corrected chi connectivity index (χ1v) is 6.88. The van der Waals surface area contributed by atoms with E-state index in [-0.39, 0.29) is 5.56 Å². The summed E-state index contributed by atoms with van der Waals surface area (Å²) in [4.78, 5) is 12.0. The quantitative estimate of drug-likeness (QED) is 0.796. The minimum absolute atomic E-state index is 0.237. The number of nitrogens with zero attached hydrogens (tertiary/aromatic N) is 2. The first-order chi connectivity index (χ1) is 10.6. The molecular formula is C16H11ClFN3O. The van der Waals surface area contributed by atoms with Crippen LogP contribution in [-0.2, 0) is 0 Å². The maximum atomic E-state index is 13.1. The summed E-state index contributed by atoms with van der Waals surface area (Å²) >= 11 is 5.84. The molecule has 1 aromatic heterocycles. The van der Waals surface area contributed by atoms with Gasteiger partial charge in [0.2, 0.25) is 0 Å². The van der Waals surface area contributed by atoms with Gasteiger partial charge >= 0.3 is 0 Å². The summed E-state index contributed by atoms with van der Waals surface area (Å²) in [5.41, 5.74) is 1.05. The van der Waals surface area contributed by atoms with E-state index in [1.54, 1.807) is 29.1 Å². The van der Waals surface area contributed by atoms with Gasteiger partial charge in [0.15, 0.2) is 5.82 Å². The van der Waals surface area contributed by atoms with Crippen molar-refractivity contribution in [3.8, 4) is 5.69 Å². The minimum Gasteiger partial charge on any atom is -0.305 e. The highest BCUT2D eigenvalue weighted by atomic mass is 35.5. The van der Waals surface area contributed by atoms with Crippen LogP contribution in [0.4, 0.5) is 10.2 Å². The van der Waals surface area contributed by atoms with Crippen LogP contribution in [0.2, 0.25) is 5.02 Å². The van der Waals surface area contributed by atoms with Crippen LogP contribution in [0.5, 0.6) is 0 Å². The first-order valence-electron chi connectivity index (χ1n) is 6.50. The van der Waals surface area contributed by atoms with Gasteiger partial charge in [0.25, 0.3) is 5.91 Å². The lowest BCUT2D eigenvalue weighted by Gasteiger charge is -2.03. The maximum absolute atomic E-state index is 13.1. The molecule has 22 heavy (non-hydrogen) atoms. The van der Waals surface area contributed by atoms with Gasteiger partial charge in [-0.15, -0.1) is 0 Å². The zero-order valence-corrected chi connectivity index (χ0v) is 12.1. The molecule has 1 heterocycles. The minimum atomic E-state index is -0.459. The summed E-state index contributed by atoms with van der Waals surface area (Å²) in [6.07, 6.45) is 1.71. The predicted octanol–water partition coefficient (Wildman–Crippen LogP) is 3.92. The molecule has 0 radical (unpaired) electrons. The van der Waals surface area contributed by atoms with Crippen molar-refractivity contribution in [2.45, 2.75) is 0 Å². The summed E-state index contributed by atoms with van der Waals surface area (Å²) in [6, 6.07) is 14.3. The largest absolute Gasteiger partial charge is 0.305 e. The van der Waals surface area contributed by atoms with Gasteiger partial charge in [-0.3, -0.25) is 4.79 Å². The highest BCUT2D eigenvalue weighted by molar-refractivity contribution is 6.30. The number of amides is 1. The van der Waals surface area contributed by atoms with Crippen LogP contribution in [0, 0.1) is 5.82 Å². The maximum Gasteiger partial charge on any atom is 0.256 e. The van der Waals surface area contributed by atoms with E-state index in [0.717, 1.165) is 5.69 Å². The summed E-state index contributed by atoms with van der Waals surface area (Å²) in [5, 5.41) is 7.50. The van der Waals surface area contributed by atoms with Crippen molar-refractivity contribution < 1.29 is 9.18 Å². The van der Waals surface area contributed by atoms with Crippen molar-refractivity contribution in [3.05, 3.63) is 77.2 Å². The average molecular weight is 316 g/mol. The Balaban J connectivity index is 1.77. The van der Waals surface area contributed by atoms with Gasteiger partial charge in [0, 0.05) is 22.8 Å². The zero-order valence-electron chi connectivity index (χ0n) is 11.3. The van der Waals surface area contributed by atoms with Gasteiger partial charge in [-0.25, -0.2) is 9.07 Å². The molecule has 1 N–H and O–H groups in total. The molecule has 1 amide bonds. The van der Waals surface area contributed by atoms with E-state index in [2.05, 4.69) is 10.4 Å². The van der Waals surface area contributed by atoms with E-state index >= 15 is 0 Å². The third kappa shape index (κ3) is 3.15. The number of aromatic nitrogens is 2. The van der Waals surface area contributed by atoms with E-state index < -0.39 is 11.7 Å². The summed E-state index contributed by atoms with van der Waals surface area (Å²) in [7, 11) is 0. The summed E-state index contributed by atoms with van der Waals surface area (Å²) < 4.78 is 14.7. The Kier molecular flexibility index (Phi) is 3.89. The van der Waals surface area contributed by atoms with E-state index in [1.807, 2.05) is 12.1 Å². The van der Waals surface area contributed by atoms with E-state index in [1.165, 1.54) is 24.3 Å². The Hall–Kier alpha value is -2.66. The predicted molar refractivity (Wildman–Crippen MR) is 82.9 cm³/mol. The number of benzene rings is 2. The fourth-order valence-electron chi connectivity index (χ4n) is 1.95. The van der Waals surface area contributed by atoms with Crippen molar-refractivity contribution in [3.63, 3.8) is 0 Å². The second kappa shape index (κ2) is 5.99. The van der Waals surface area contributed by atoms with Gasteiger partial charge in [0.05, 0.1) is 5.69 Å². The van der Waals surface area contributed by atoms with E-state index in [9.17, 15) is 9.18 Å². The molecule has 0 unspecified atom stereocenters. The van der Waals surface area contributed by atoms with Crippen LogP contribution >= 0.6 is 11.6 Å². The fourth-order valence-corrected chi connectivity index (χ4v) is 2.07. The Morgan fingerprint density at radius 2 is 1.91 bits per heavy atom. The van der Waals surface area contributed by atoms with E-state index in [4.69, 9.17) is 11.6 Å². The molecule has 4 nitrogen and oxygen atoms in total. The lowest BCUT2D eigenvalue weighted by atomic mass is 10.2. The molecule has 3 aromatic rings. The molecule has 0 fully saturated rings. The van der Waals surface area contributed by atoms with Crippen molar-refractivity contribution in [1.29, 1.82) is 0 Å². The highest BCUT2D eigenvalue weighted by Crippen LogP contribution is 2.15. The molecule has 0 spiro atoms. The average Bonchev–Trinajstić information content (AvgIpc) is 2.96. The summed E-state index contributed by atoms with van der Waals surface area (Å²) in [5.74, 6) is -0.496. The van der Waals surface area contributed by atoms with Gasteiger partial charge in [-0.2, -0.15) is 5.10 Å².